The maximum absolute atomic E-state index is 12.1. The van der Waals surface area contributed by atoms with E-state index < -0.39 is 11.5 Å². The van der Waals surface area contributed by atoms with Gasteiger partial charge in [-0.1, -0.05) is 12.1 Å². The Morgan fingerprint density at radius 3 is 2.91 bits per heavy atom. The lowest BCUT2D eigenvalue weighted by atomic mass is 10.2. The van der Waals surface area contributed by atoms with E-state index in [1.165, 1.54) is 12.3 Å². The smallest absolute Gasteiger partial charge is 0.261 e. The quantitative estimate of drug-likeness (QED) is 0.771. The van der Waals surface area contributed by atoms with Crippen molar-refractivity contribution >= 4 is 11.6 Å². The molecule has 0 spiro atoms. The summed E-state index contributed by atoms with van der Waals surface area (Å²) >= 11 is 0. The molecule has 0 saturated heterocycles. The minimum atomic E-state index is -0.432. The van der Waals surface area contributed by atoms with Gasteiger partial charge in [0.25, 0.3) is 11.5 Å². The number of nitrogens with one attached hydrogen (secondary N) is 2. The van der Waals surface area contributed by atoms with Gasteiger partial charge in [0.2, 0.25) is 0 Å². The van der Waals surface area contributed by atoms with Crippen molar-refractivity contribution in [1.29, 1.82) is 0 Å². The first-order chi connectivity index (χ1) is 10.7. The van der Waals surface area contributed by atoms with Crippen molar-refractivity contribution < 1.29 is 4.79 Å². The second-order valence-electron chi connectivity index (χ2n) is 4.77. The number of anilines is 1. The molecular formula is C16H14N4O2. The molecule has 0 fully saturated rings. The number of benzene rings is 1. The Morgan fingerprint density at radius 2 is 2.14 bits per heavy atom. The number of rotatable bonds is 4. The first-order valence-electron chi connectivity index (χ1n) is 6.78. The molecule has 0 aliphatic rings. The Balaban J connectivity index is 1.77. The first kappa shape index (κ1) is 13.8. The molecule has 0 aliphatic carbocycles. The maximum Gasteiger partial charge on any atom is 0.261 e. The highest BCUT2D eigenvalue weighted by Crippen LogP contribution is 2.12. The molecule has 0 radical (unpaired) electrons. The topological polar surface area (TPSA) is 79.8 Å². The highest BCUT2D eigenvalue weighted by Gasteiger charge is 2.10. The van der Waals surface area contributed by atoms with Crippen molar-refractivity contribution in [3.63, 3.8) is 0 Å². The highest BCUT2D eigenvalue weighted by atomic mass is 16.2. The van der Waals surface area contributed by atoms with Crippen LogP contribution in [0.2, 0.25) is 0 Å². The zero-order valence-electron chi connectivity index (χ0n) is 11.7. The number of aromatic nitrogens is 3. The van der Waals surface area contributed by atoms with E-state index in [9.17, 15) is 9.59 Å². The van der Waals surface area contributed by atoms with E-state index in [2.05, 4.69) is 15.4 Å². The van der Waals surface area contributed by atoms with Gasteiger partial charge in [-0.25, -0.2) is 0 Å². The SMILES string of the molecule is O=C(Nc1cccc(Cn2cccn2)c1)c1ccc[nH]c1=O. The summed E-state index contributed by atoms with van der Waals surface area (Å²) in [6.45, 7) is 0.614. The standard InChI is InChI=1S/C16H14N4O2/c21-15-14(6-2-7-17-15)16(22)19-13-5-1-4-12(10-13)11-20-9-3-8-18-20/h1-10H,11H2,(H,17,21)(H,19,22). The van der Waals surface area contributed by atoms with E-state index in [1.807, 2.05) is 30.5 Å². The van der Waals surface area contributed by atoms with Crippen molar-refractivity contribution in [2.45, 2.75) is 6.54 Å². The third-order valence-corrected chi connectivity index (χ3v) is 3.15. The number of nitrogens with zero attached hydrogens (tertiary/aromatic N) is 2. The molecule has 6 heteroatoms. The molecule has 2 heterocycles. The Morgan fingerprint density at radius 1 is 1.23 bits per heavy atom. The number of H-pyrrole nitrogens is 1. The van der Waals surface area contributed by atoms with Crippen LogP contribution in [0.15, 0.2) is 65.8 Å². The molecule has 0 bridgehead atoms. The average Bonchev–Trinajstić information content (AvgIpc) is 3.01. The summed E-state index contributed by atoms with van der Waals surface area (Å²) in [6, 6.07) is 12.4. The maximum atomic E-state index is 12.1. The molecule has 2 aromatic heterocycles. The van der Waals surface area contributed by atoms with Gasteiger partial charge in [0.15, 0.2) is 0 Å². The third kappa shape index (κ3) is 3.12. The Labute approximate surface area is 126 Å². The van der Waals surface area contributed by atoms with Crippen LogP contribution in [0.25, 0.3) is 0 Å². The van der Waals surface area contributed by atoms with E-state index in [4.69, 9.17) is 0 Å². The molecule has 0 unspecified atom stereocenters. The summed E-state index contributed by atoms with van der Waals surface area (Å²) in [7, 11) is 0. The summed E-state index contributed by atoms with van der Waals surface area (Å²) in [5.74, 6) is -0.432. The van der Waals surface area contributed by atoms with Gasteiger partial charge in [0, 0.05) is 24.3 Å². The third-order valence-electron chi connectivity index (χ3n) is 3.15. The van der Waals surface area contributed by atoms with Crippen molar-refractivity contribution in [2.75, 3.05) is 5.32 Å². The molecule has 0 saturated carbocycles. The van der Waals surface area contributed by atoms with Crippen LogP contribution in [0.4, 0.5) is 5.69 Å². The summed E-state index contributed by atoms with van der Waals surface area (Å²) in [6.07, 6.45) is 5.08. The fourth-order valence-electron chi connectivity index (χ4n) is 2.13. The van der Waals surface area contributed by atoms with Gasteiger partial charge in [-0.05, 0) is 35.9 Å². The molecule has 3 aromatic rings. The molecule has 0 atom stereocenters. The molecule has 0 aliphatic heterocycles. The van der Waals surface area contributed by atoms with Crippen LogP contribution >= 0.6 is 0 Å². The van der Waals surface area contributed by atoms with Crippen LogP contribution < -0.4 is 10.9 Å². The molecule has 1 amide bonds. The molecule has 1 aromatic carbocycles. The van der Waals surface area contributed by atoms with Crippen LogP contribution in [-0.2, 0) is 6.54 Å². The monoisotopic (exact) mass is 294 g/mol. The number of carbonyl (C=O) groups excluding carboxylic acids is 1. The lowest BCUT2D eigenvalue weighted by Gasteiger charge is -2.07. The summed E-state index contributed by atoms with van der Waals surface area (Å²) in [4.78, 5) is 26.2. The minimum Gasteiger partial charge on any atom is -0.328 e. The minimum absolute atomic E-state index is 0.0833. The van der Waals surface area contributed by atoms with Crippen molar-refractivity contribution in [1.82, 2.24) is 14.8 Å². The van der Waals surface area contributed by atoms with E-state index in [0.29, 0.717) is 12.2 Å². The molecular weight excluding hydrogens is 280 g/mol. The fraction of sp³-hybridized carbons (Fsp3) is 0.0625. The van der Waals surface area contributed by atoms with Crippen molar-refractivity contribution in [2.24, 2.45) is 0 Å². The number of hydrogen-bond acceptors (Lipinski definition) is 3. The highest BCUT2D eigenvalue weighted by molar-refractivity contribution is 6.03. The van der Waals surface area contributed by atoms with E-state index in [0.717, 1.165) is 5.56 Å². The Hall–Kier alpha value is -3.15. The zero-order valence-corrected chi connectivity index (χ0v) is 11.7. The lowest BCUT2D eigenvalue weighted by molar-refractivity contribution is 0.102. The number of hydrogen-bond donors (Lipinski definition) is 2. The Bertz CT molecular complexity index is 837. The van der Waals surface area contributed by atoms with E-state index in [-0.39, 0.29) is 5.56 Å². The van der Waals surface area contributed by atoms with Gasteiger partial charge in [-0.15, -0.1) is 0 Å². The Kier molecular flexibility index (Phi) is 3.82. The van der Waals surface area contributed by atoms with Gasteiger partial charge >= 0.3 is 0 Å². The summed E-state index contributed by atoms with van der Waals surface area (Å²) in [5, 5.41) is 6.88. The van der Waals surface area contributed by atoms with Gasteiger partial charge in [-0.3, -0.25) is 14.3 Å². The van der Waals surface area contributed by atoms with Gasteiger partial charge < -0.3 is 10.3 Å². The number of carbonyl (C=O) groups is 1. The van der Waals surface area contributed by atoms with Gasteiger partial charge in [0.05, 0.1) is 6.54 Å². The van der Waals surface area contributed by atoms with Crippen LogP contribution in [0, 0.1) is 0 Å². The van der Waals surface area contributed by atoms with Gasteiger partial charge in [0.1, 0.15) is 5.56 Å². The van der Waals surface area contributed by atoms with Crippen molar-refractivity contribution in [3.8, 4) is 0 Å². The average molecular weight is 294 g/mol. The largest absolute Gasteiger partial charge is 0.328 e. The molecule has 22 heavy (non-hydrogen) atoms. The van der Waals surface area contributed by atoms with E-state index in [1.54, 1.807) is 23.0 Å². The van der Waals surface area contributed by atoms with Crippen LogP contribution in [0.1, 0.15) is 15.9 Å². The van der Waals surface area contributed by atoms with Crippen molar-refractivity contribution in [3.05, 3.63) is 82.5 Å². The number of amides is 1. The first-order valence-corrected chi connectivity index (χ1v) is 6.78. The summed E-state index contributed by atoms with van der Waals surface area (Å²) in [5.41, 5.74) is 1.31. The molecule has 2 N–H and O–H groups in total. The summed E-state index contributed by atoms with van der Waals surface area (Å²) < 4.78 is 1.79. The predicted molar refractivity (Wildman–Crippen MR) is 82.8 cm³/mol. The fourth-order valence-corrected chi connectivity index (χ4v) is 2.13. The second kappa shape index (κ2) is 6.09. The molecule has 110 valence electrons. The zero-order chi connectivity index (χ0) is 15.4. The number of aromatic amines is 1. The molecule has 3 rings (SSSR count). The normalized spacial score (nSPS) is 10.4. The van der Waals surface area contributed by atoms with Crippen LogP contribution in [-0.4, -0.2) is 20.7 Å². The van der Waals surface area contributed by atoms with Gasteiger partial charge in [-0.2, -0.15) is 5.10 Å². The van der Waals surface area contributed by atoms with Crippen LogP contribution in [0.3, 0.4) is 0 Å². The molecule has 6 nitrogen and oxygen atoms in total. The lowest BCUT2D eigenvalue weighted by Crippen LogP contribution is -2.22. The predicted octanol–water partition coefficient (Wildman–Crippen LogP) is 1.87. The van der Waals surface area contributed by atoms with Crippen LogP contribution in [0.5, 0.6) is 0 Å². The van der Waals surface area contributed by atoms with E-state index >= 15 is 0 Å². The second-order valence-corrected chi connectivity index (χ2v) is 4.77. The number of pyridine rings is 1.